The maximum absolute atomic E-state index is 6.51. The second-order valence-corrected chi connectivity index (χ2v) is 7.44. The summed E-state index contributed by atoms with van der Waals surface area (Å²) >= 11 is 6.51. The normalized spacial score (nSPS) is 18.5. The van der Waals surface area contributed by atoms with Crippen LogP contribution >= 0.6 is 11.6 Å². The van der Waals surface area contributed by atoms with E-state index in [0.717, 1.165) is 39.7 Å². The first kappa shape index (κ1) is 17.1. The molecule has 0 saturated heterocycles. The molecule has 0 aliphatic carbocycles. The van der Waals surface area contributed by atoms with E-state index in [4.69, 9.17) is 21.3 Å². The second-order valence-electron chi connectivity index (χ2n) is 7.04. The lowest BCUT2D eigenvalue weighted by molar-refractivity contribution is 0.414. The van der Waals surface area contributed by atoms with Crippen molar-refractivity contribution in [3.8, 4) is 5.75 Å². The third kappa shape index (κ3) is 2.81. The third-order valence-corrected chi connectivity index (χ3v) is 5.80. The number of imidazole rings is 1. The van der Waals surface area contributed by atoms with Crippen LogP contribution in [0.4, 0.5) is 5.95 Å². The second kappa shape index (κ2) is 6.88. The molecule has 2 atom stereocenters. The number of anilines is 1. The lowest BCUT2D eigenvalue weighted by atomic mass is 9.92. The highest BCUT2D eigenvalue weighted by Gasteiger charge is 2.31. The van der Waals surface area contributed by atoms with E-state index in [1.54, 1.807) is 7.11 Å². The maximum atomic E-state index is 6.51. The van der Waals surface area contributed by atoms with Crippen LogP contribution in [0.3, 0.4) is 0 Å². The zero-order valence-corrected chi connectivity index (χ0v) is 16.2. The van der Waals surface area contributed by atoms with Crippen molar-refractivity contribution in [1.29, 1.82) is 0 Å². The van der Waals surface area contributed by atoms with E-state index in [0.29, 0.717) is 0 Å². The zero-order valence-electron chi connectivity index (χ0n) is 15.5. The Morgan fingerprint density at radius 1 is 1.00 bits per heavy atom. The smallest absolute Gasteiger partial charge is 0.204 e. The largest absolute Gasteiger partial charge is 0.497 e. The van der Waals surface area contributed by atoms with Crippen molar-refractivity contribution in [3.63, 3.8) is 0 Å². The SMILES string of the molecule is COc1ccc([C@@H]2C[C@@H](c3ccccc3Cl)Nc3nc4ccccc4n32)cc1. The number of halogens is 1. The average Bonchev–Trinajstić information content (AvgIpc) is 3.12. The van der Waals surface area contributed by atoms with Crippen LogP contribution in [-0.4, -0.2) is 16.7 Å². The Hall–Kier alpha value is -2.98. The summed E-state index contributed by atoms with van der Waals surface area (Å²) in [7, 11) is 1.69. The van der Waals surface area contributed by atoms with Crippen LogP contribution in [0.25, 0.3) is 11.0 Å². The monoisotopic (exact) mass is 389 g/mol. The standard InChI is InChI=1S/C23H20ClN3O/c1-28-16-12-10-15(11-13-16)22-14-20(17-6-2-3-7-18(17)24)26-23-25-19-8-4-5-9-21(19)27(22)23/h2-13,20,22H,14H2,1H3,(H,25,26)/t20-,22-/m0/s1. The summed E-state index contributed by atoms with van der Waals surface area (Å²) in [6.07, 6.45) is 0.878. The summed E-state index contributed by atoms with van der Waals surface area (Å²) in [5.74, 6) is 1.73. The predicted octanol–water partition coefficient (Wildman–Crippen LogP) is 5.84. The van der Waals surface area contributed by atoms with Gasteiger partial charge in [0.2, 0.25) is 5.95 Å². The van der Waals surface area contributed by atoms with E-state index in [-0.39, 0.29) is 12.1 Å². The number of fused-ring (bicyclic) bond motifs is 3. The number of rotatable bonds is 3. The van der Waals surface area contributed by atoms with Crippen LogP contribution in [0.2, 0.25) is 5.02 Å². The minimum absolute atomic E-state index is 0.0881. The van der Waals surface area contributed by atoms with Gasteiger partial charge in [0.1, 0.15) is 5.75 Å². The van der Waals surface area contributed by atoms with Gasteiger partial charge in [0.25, 0.3) is 0 Å². The van der Waals surface area contributed by atoms with Gasteiger partial charge in [-0.2, -0.15) is 0 Å². The fourth-order valence-electron chi connectivity index (χ4n) is 4.08. The summed E-state index contributed by atoms with van der Waals surface area (Å²) < 4.78 is 7.63. The number of nitrogens with one attached hydrogen (secondary N) is 1. The molecule has 0 amide bonds. The van der Waals surface area contributed by atoms with Crippen LogP contribution in [0, 0.1) is 0 Å². The Labute approximate surface area is 168 Å². The van der Waals surface area contributed by atoms with Gasteiger partial charge in [-0.15, -0.1) is 0 Å². The van der Waals surface area contributed by atoms with Crippen LogP contribution in [-0.2, 0) is 0 Å². The lowest BCUT2D eigenvalue weighted by Crippen LogP contribution is -2.27. The maximum Gasteiger partial charge on any atom is 0.204 e. The molecule has 1 N–H and O–H groups in total. The summed E-state index contributed by atoms with van der Waals surface area (Å²) in [4.78, 5) is 4.85. The molecule has 28 heavy (non-hydrogen) atoms. The third-order valence-electron chi connectivity index (χ3n) is 5.45. The zero-order chi connectivity index (χ0) is 19.1. The van der Waals surface area contributed by atoms with Gasteiger partial charge in [0.15, 0.2) is 0 Å². The molecule has 5 heteroatoms. The molecule has 0 saturated carbocycles. The van der Waals surface area contributed by atoms with Gasteiger partial charge >= 0.3 is 0 Å². The number of para-hydroxylation sites is 2. The first-order valence-electron chi connectivity index (χ1n) is 9.36. The van der Waals surface area contributed by atoms with Crippen molar-refractivity contribution in [3.05, 3.63) is 88.9 Å². The van der Waals surface area contributed by atoms with E-state index in [2.05, 4.69) is 46.3 Å². The number of aromatic nitrogens is 2. The average molecular weight is 390 g/mol. The van der Waals surface area contributed by atoms with Gasteiger partial charge in [-0.25, -0.2) is 4.98 Å². The number of nitrogens with zero attached hydrogens (tertiary/aromatic N) is 2. The summed E-state index contributed by atoms with van der Waals surface area (Å²) in [6.45, 7) is 0. The molecular formula is C23H20ClN3O. The molecule has 4 nitrogen and oxygen atoms in total. The highest BCUT2D eigenvalue weighted by Crippen LogP contribution is 2.42. The summed E-state index contributed by atoms with van der Waals surface area (Å²) in [5.41, 5.74) is 4.44. The summed E-state index contributed by atoms with van der Waals surface area (Å²) in [5, 5.41) is 4.38. The number of hydrogen-bond acceptors (Lipinski definition) is 3. The molecule has 0 unspecified atom stereocenters. The Balaban J connectivity index is 1.66. The molecule has 0 spiro atoms. The van der Waals surface area contributed by atoms with Gasteiger partial charge in [0.05, 0.1) is 30.2 Å². The molecule has 0 bridgehead atoms. The Morgan fingerprint density at radius 3 is 2.54 bits per heavy atom. The van der Waals surface area contributed by atoms with Crippen LogP contribution < -0.4 is 10.1 Å². The van der Waals surface area contributed by atoms with Gasteiger partial charge in [-0.1, -0.05) is 54.1 Å². The molecule has 0 radical (unpaired) electrons. The number of benzene rings is 3. The van der Waals surface area contributed by atoms with Crippen molar-refractivity contribution in [2.24, 2.45) is 0 Å². The first-order valence-corrected chi connectivity index (χ1v) is 9.74. The highest BCUT2D eigenvalue weighted by atomic mass is 35.5. The molecule has 5 rings (SSSR count). The van der Waals surface area contributed by atoms with Gasteiger partial charge in [0, 0.05) is 5.02 Å². The molecule has 4 aromatic rings. The number of ether oxygens (including phenoxy) is 1. The van der Waals surface area contributed by atoms with Gasteiger partial charge in [-0.05, 0) is 47.9 Å². The van der Waals surface area contributed by atoms with Crippen molar-refractivity contribution < 1.29 is 4.74 Å². The minimum Gasteiger partial charge on any atom is -0.497 e. The molecule has 1 aromatic heterocycles. The molecular weight excluding hydrogens is 370 g/mol. The van der Waals surface area contributed by atoms with Gasteiger partial charge in [-0.3, -0.25) is 0 Å². The van der Waals surface area contributed by atoms with Crippen LogP contribution in [0.5, 0.6) is 5.75 Å². The minimum atomic E-state index is 0.0881. The van der Waals surface area contributed by atoms with Crippen LogP contribution in [0.15, 0.2) is 72.8 Å². The molecule has 3 aromatic carbocycles. The summed E-state index contributed by atoms with van der Waals surface area (Å²) in [6, 6.07) is 24.8. The van der Waals surface area contributed by atoms with E-state index < -0.39 is 0 Å². The van der Waals surface area contributed by atoms with E-state index in [1.165, 1.54) is 5.56 Å². The van der Waals surface area contributed by atoms with Crippen molar-refractivity contribution >= 4 is 28.6 Å². The van der Waals surface area contributed by atoms with Crippen molar-refractivity contribution in [1.82, 2.24) is 9.55 Å². The van der Waals surface area contributed by atoms with E-state index in [1.807, 2.05) is 36.4 Å². The topological polar surface area (TPSA) is 39.1 Å². The van der Waals surface area contributed by atoms with Crippen molar-refractivity contribution in [2.45, 2.75) is 18.5 Å². The fraction of sp³-hybridized carbons (Fsp3) is 0.174. The molecule has 0 fully saturated rings. The Bertz CT molecular complexity index is 1140. The predicted molar refractivity (Wildman–Crippen MR) is 113 cm³/mol. The molecule has 1 aliphatic heterocycles. The molecule has 1 aliphatic rings. The van der Waals surface area contributed by atoms with Crippen molar-refractivity contribution in [2.75, 3.05) is 12.4 Å². The van der Waals surface area contributed by atoms with E-state index in [9.17, 15) is 0 Å². The number of methoxy groups -OCH3 is 1. The van der Waals surface area contributed by atoms with Gasteiger partial charge < -0.3 is 14.6 Å². The Kier molecular flexibility index (Phi) is 4.21. The first-order chi connectivity index (χ1) is 13.7. The molecule has 140 valence electrons. The van der Waals surface area contributed by atoms with Crippen LogP contribution in [0.1, 0.15) is 29.6 Å². The highest BCUT2D eigenvalue weighted by molar-refractivity contribution is 6.31. The number of hydrogen-bond donors (Lipinski definition) is 1. The molecule has 2 heterocycles. The quantitative estimate of drug-likeness (QED) is 0.478. The fourth-order valence-corrected chi connectivity index (χ4v) is 4.35. The Morgan fingerprint density at radius 2 is 1.75 bits per heavy atom. The lowest BCUT2D eigenvalue weighted by Gasteiger charge is -2.34. The van der Waals surface area contributed by atoms with E-state index >= 15 is 0 Å².